The predicted molar refractivity (Wildman–Crippen MR) is 97.0 cm³/mol. The van der Waals surface area contributed by atoms with Crippen molar-refractivity contribution in [1.29, 1.82) is 0 Å². The first-order valence-electron chi connectivity index (χ1n) is 8.97. The van der Waals surface area contributed by atoms with Gasteiger partial charge in [0, 0.05) is 43.6 Å². The van der Waals surface area contributed by atoms with E-state index < -0.39 is 0 Å². The Hall–Kier alpha value is -2.04. The molecule has 0 radical (unpaired) electrons. The summed E-state index contributed by atoms with van der Waals surface area (Å²) in [5.41, 5.74) is 2.31. The molecule has 2 aliphatic rings. The van der Waals surface area contributed by atoms with Crippen molar-refractivity contribution in [2.24, 2.45) is 0 Å². The summed E-state index contributed by atoms with van der Waals surface area (Å²) >= 11 is 0. The number of hydrogen-bond donors (Lipinski definition) is 0. The lowest BCUT2D eigenvalue weighted by atomic mass is 9.93. The van der Waals surface area contributed by atoms with E-state index in [0.29, 0.717) is 0 Å². The van der Waals surface area contributed by atoms with Crippen LogP contribution in [0.5, 0.6) is 11.5 Å². The van der Waals surface area contributed by atoms with Gasteiger partial charge in [-0.25, -0.2) is 0 Å². The number of ether oxygens (including phenoxy) is 3. The highest BCUT2D eigenvalue weighted by atomic mass is 16.5. The number of benzene rings is 2. The van der Waals surface area contributed by atoms with Gasteiger partial charge in [-0.05, 0) is 12.1 Å². The molecule has 25 heavy (non-hydrogen) atoms. The molecule has 0 aliphatic carbocycles. The molecule has 1 spiro atoms. The highest BCUT2D eigenvalue weighted by Crippen LogP contribution is 2.36. The molecule has 0 amide bonds. The Morgan fingerprint density at radius 2 is 1.80 bits per heavy atom. The zero-order chi connectivity index (χ0) is 17.1. The molecule has 4 rings (SSSR count). The molecule has 0 atom stereocenters. The summed E-state index contributed by atoms with van der Waals surface area (Å²) < 4.78 is 17.7. The van der Waals surface area contributed by atoms with Gasteiger partial charge in [-0.3, -0.25) is 4.90 Å². The minimum atomic E-state index is -0.160. The highest BCUT2D eigenvalue weighted by molar-refractivity contribution is 5.36. The Kier molecular flexibility index (Phi) is 4.64. The van der Waals surface area contributed by atoms with Crippen LogP contribution in [0, 0.1) is 0 Å². The molecule has 4 heteroatoms. The van der Waals surface area contributed by atoms with Crippen LogP contribution < -0.4 is 9.47 Å². The second kappa shape index (κ2) is 7.06. The molecular formula is C21H25NO3. The smallest absolute Gasteiger partial charge is 0.126 e. The van der Waals surface area contributed by atoms with Gasteiger partial charge in [0.1, 0.15) is 17.1 Å². The molecule has 2 aliphatic heterocycles. The second-order valence-electron chi connectivity index (χ2n) is 6.96. The highest BCUT2D eigenvalue weighted by Gasteiger charge is 2.39. The van der Waals surface area contributed by atoms with Gasteiger partial charge in [0.05, 0.1) is 20.3 Å². The van der Waals surface area contributed by atoms with E-state index in [0.717, 1.165) is 57.2 Å². The molecule has 0 N–H and O–H groups in total. The van der Waals surface area contributed by atoms with E-state index in [1.165, 1.54) is 11.1 Å². The summed E-state index contributed by atoms with van der Waals surface area (Å²) in [6.45, 7) is 4.18. The van der Waals surface area contributed by atoms with Crippen LogP contribution in [-0.4, -0.2) is 37.4 Å². The van der Waals surface area contributed by atoms with E-state index in [2.05, 4.69) is 41.3 Å². The molecular weight excluding hydrogens is 314 g/mol. The van der Waals surface area contributed by atoms with E-state index in [4.69, 9.17) is 14.2 Å². The van der Waals surface area contributed by atoms with Crippen LogP contribution in [-0.2, 0) is 17.8 Å². The summed E-state index contributed by atoms with van der Waals surface area (Å²) in [6, 6.07) is 16.7. The van der Waals surface area contributed by atoms with Crippen molar-refractivity contribution in [3.63, 3.8) is 0 Å². The summed E-state index contributed by atoms with van der Waals surface area (Å²) in [5.74, 6) is 1.97. The normalized spacial score (nSPS) is 19.7. The zero-order valence-electron chi connectivity index (χ0n) is 14.7. The summed E-state index contributed by atoms with van der Waals surface area (Å²) in [6.07, 6.45) is 1.87. The van der Waals surface area contributed by atoms with Crippen LogP contribution in [0.2, 0.25) is 0 Å². The van der Waals surface area contributed by atoms with Crippen molar-refractivity contribution in [2.75, 3.05) is 26.9 Å². The average molecular weight is 339 g/mol. The number of para-hydroxylation sites is 2. The fourth-order valence-electron chi connectivity index (χ4n) is 3.89. The van der Waals surface area contributed by atoms with E-state index >= 15 is 0 Å². The topological polar surface area (TPSA) is 30.9 Å². The third-order valence-corrected chi connectivity index (χ3v) is 5.20. The molecule has 2 heterocycles. The van der Waals surface area contributed by atoms with Crippen molar-refractivity contribution >= 4 is 0 Å². The van der Waals surface area contributed by atoms with Crippen LogP contribution in [0.4, 0.5) is 0 Å². The first-order valence-corrected chi connectivity index (χ1v) is 8.97. The van der Waals surface area contributed by atoms with Crippen LogP contribution in [0.25, 0.3) is 0 Å². The molecule has 0 bridgehead atoms. The number of methoxy groups -OCH3 is 1. The minimum Gasteiger partial charge on any atom is -0.496 e. The maximum Gasteiger partial charge on any atom is 0.126 e. The Bertz CT molecular complexity index is 725. The van der Waals surface area contributed by atoms with E-state index in [1.807, 2.05) is 12.1 Å². The van der Waals surface area contributed by atoms with Crippen molar-refractivity contribution in [3.05, 3.63) is 59.7 Å². The van der Waals surface area contributed by atoms with Crippen LogP contribution in [0.1, 0.15) is 24.0 Å². The van der Waals surface area contributed by atoms with Gasteiger partial charge in [0.25, 0.3) is 0 Å². The number of hydrogen-bond acceptors (Lipinski definition) is 4. The lowest BCUT2D eigenvalue weighted by molar-refractivity contribution is -0.0594. The Morgan fingerprint density at radius 3 is 2.64 bits per heavy atom. The fourth-order valence-corrected chi connectivity index (χ4v) is 3.89. The average Bonchev–Trinajstić information content (AvgIpc) is 2.78. The molecule has 1 fully saturated rings. The molecule has 132 valence electrons. The van der Waals surface area contributed by atoms with E-state index in [1.54, 1.807) is 7.11 Å². The second-order valence-corrected chi connectivity index (χ2v) is 6.96. The molecule has 2 aromatic rings. The lowest BCUT2D eigenvalue weighted by Crippen LogP contribution is -2.49. The summed E-state index contributed by atoms with van der Waals surface area (Å²) in [7, 11) is 1.74. The Morgan fingerprint density at radius 1 is 1.04 bits per heavy atom. The number of nitrogens with zero attached hydrogens (tertiary/aromatic N) is 1. The SMILES string of the molecule is COc1ccccc1CN1Cc2ccccc2OC2(CCOCC2)C1. The lowest BCUT2D eigenvalue weighted by Gasteiger charge is -2.39. The van der Waals surface area contributed by atoms with Gasteiger partial charge >= 0.3 is 0 Å². The van der Waals surface area contributed by atoms with Gasteiger partial charge in [-0.2, -0.15) is 0 Å². The standard InChI is InChI=1S/C21H25NO3/c1-23-19-8-4-2-6-17(19)14-22-15-18-7-3-5-9-20(18)25-21(16-22)10-12-24-13-11-21/h2-9H,10-16H2,1H3. The molecule has 0 unspecified atom stereocenters. The number of rotatable bonds is 3. The van der Waals surface area contributed by atoms with Gasteiger partial charge < -0.3 is 14.2 Å². The first kappa shape index (κ1) is 16.4. The number of fused-ring (bicyclic) bond motifs is 1. The molecule has 2 aromatic carbocycles. The monoisotopic (exact) mass is 339 g/mol. The molecule has 0 saturated carbocycles. The van der Waals surface area contributed by atoms with E-state index in [9.17, 15) is 0 Å². The predicted octanol–water partition coefficient (Wildman–Crippen LogP) is 3.64. The molecule has 1 saturated heterocycles. The van der Waals surface area contributed by atoms with Crippen molar-refractivity contribution in [2.45, 2.75) is 31.5 Å². The van der Waals surface area contributed by atoms with Crippen molar-refractivity contribution in [3.8, 4) is 11.5 Å². The van der Waals surface area contributed by atoms with Crippen LogP contribution in [0.3, 0.4) is 0 Å². The maximum absolute atomic E-state index is 6.56. The Labute approximate surface area is 149 Å². The maximum atomic E-state index is 6.56. The zero-order valence-corrected chi connectivity index (χ0v) is 14.7. The van der Waals surface area contributed by atoms with Crippen molar-refractivity contribution < 1.29 is 14.2 Å². The minimum absolute atomic E-state index is 0.160. The van der Waals surface area contributed by atoms with Crippen molar-refractivity contribution in [1.82, 2.24) is 4.90 Å². The Balaban J connectivity index is 1.65. The quantitative estimate of drug-likeness (QED) is 0.854. The van der Waals surface area contributed by atoms with Crippen LogP contribution >= 0.6 is 0 Å². The van der Waals surface area contributed by atoms with Gasteiger partial charge in [0.2, 0.25) is 0 Å². The summed E-state index contributed by atoms with van der Waals surface area (Å²) in [4.78, 5) is 2.48. The largest absolute Gasteiger partial charge is 0.496 e. The van der Waals surface area contributed by atoms with Crippen LogP contribution in [0.15, 0.2) is 48.5 Å². The summed E-state index contributed by atoms with van der Waals surface area (Å²) in [5, 5.41) is 0. The van der Waals surface area contributed by atoms with Gasteiger partial charge in [-0.15, -0.1) is 0 Å². The van der Waals surface area contributed by atoms with Gasteiger partial charge in [-0.1, -0.05) is 36.4 Å². The molecule has 0 aromatic heterocycles. The van der Waals surface area contributed by atoms with Gasteiger partial charge in [0.15, 0.2) is 0 Å². The third kappa shape index (κ3) is 3.51. The third-order valence-electron chi connectivity index (χ3n) is 5.20. The van der Waals surface area contributed by atoms with E-state index in [-0.39, 0.29) is 5.60 Å². The molecule has 4 nitrogen and oxygen atoms in total. The fraction of sp³-hybridized carbons (Fsp3) is 0.429. The first-order chi connectivity index (χ1) is 12.3.